The molecule has 1 aliphatic rings. The minimum Gasteiger partial charge on any atom is -0.352 e. The molecule has 0 aromatic heterocycles. The standard InChI is InChI=1S/C21H23FN2O2/c22-19-9-5-6-16(13-19)14-20(25)23-15-17-7-4-8-18(12-17)21(26)24-10-2-1-3-11-24/h4-9,12-13H,1-3,10-11,14-15H2,(H,23,25). The molecule has 1 N–H and O–H groups in total. The van der Waals surface area contributed by atoms with E-state index in [4.69, 9.17) is 0 Å². The van der Waals surface area contributed by atoms with Crippen LogP contribution in [0.4, 0.5) is 4.39 Å². The molecular formula is C21H23FN2O2. The van der Waals surface area contributed by atoms with Gasteiger partial charge in [0.25, 0.3) is 5.91 Å². The summed E-state index contributed by atoms with van der Waals surface area (Å²) >= 11 is 0. The third-order valence-corrected chi connectivity index (χ3v) is 4.56. The number of carbonyl (C=O) groups excluding carboxylic acids is 2. The number of benzene rings is 2. The van der Waals surface area contributed by atoms with Gasteiger partial charge in [-0.25, -0.2) is 4.39 Å². The molecule has 0 spiro atoms. The van der Waals surface area contributed by atoms with Gasteiger partial charge in [0, 0.05) is 25.2 Å². The van der Waals surface area contributed by atoms with E-state index in [0.717, 1.165) is 31.5 Å². The van der Waals surface area contributed by atoms with E-state index in [-0.39, 0.29) is 24.1 Å². The Morgan fingerprint density at radius 1 is 0.962 bits per heavy atom. The van der Waals surface area contributed by atoms with Gasteiger partial charge in [0.1, 0.15) is 5.82 Å². The summed E-state index contributed by atoms with van der Waals surface area (Å²) in [5.41, 5.74) is 2.17. The van der Waals surface area contributed by atoms with Crippen molar-refractivity contribution < 1.29 is 14.0 Å². The Hall–Kier alpha value is -2.69. The van der Waals surface area contributed by atoms with Crippen molar-refractivity contribution in [2.75, 3.05) is 13.1 Å². The fraction of sp³-hybridized carbons (Fsp3) is 0.333. The van der Waals surface area contributed by atoms with Gasteiger partial charge in [-0.2, -0.15) is 0 Å². The first-order chi connectivity index (χ1) is 12.6. The summed E-state index contributed by atoms with van der Waals surface area (Å²) < 4.78 is 13.2. The van der Waals surface area contributed by atoms with E-state index in [1.807, 2.05) is 29.2 Å². The Labute approximate surface area is 153 Å². The Morgan fingerprint density at radius 3 is 2.46 bits per heavy atom. The highest BCUT2D eigenvalue weighted by molar-refractivity contribution is 5.94. The number of rotatable bonds is 5. The van der Waals surface area contributed by atoms with Crippen LogP contribution in [0.15, 0.2) is 48.5 Å². The normalized spacial score (nSPS) is 14.1. The van der Waals surface area contributed by atoms with E-state index >= 15 is 0 Å². The molecule has 0 radical (unpaired) electrons. The van der Waals surface area contributed by atoms with Crippen molar-refractivity contribution in [1.82, 2.24) is 10.2 Å². The van der Waals surface area contributed by atoms with E-state index in [2.05, 4.69) is 5.32 Å². The summed E-state index contributed by atoms with van der Waals surface area (Å²) in [6.45, 7) is 1.97. The quantitative estimate of drug-likeness (QED) is 0.896. The van der Waals surface area contributed by atoms with Gasteiger partial charge in [-0.1, -0.05) is 24.3 Å². The lowest BCUT2D eigenvalue weighted by Gasteiger charge is -2.26. The average Bonchev–Trinajstić information content (AvgIpc) is 2.67. The molecule has 0 aliphatic carbocycles. The molecule has 3 rings (SSSR count). The first-order valence-electron chi connectivity index (χ1n) is 9.01. The second-order valence-corrected chi connectivity index (χ2v) is 6.64. The number of hydrogen-bond donors (Lipinski definition) is 1. The molecule has 1 heterocycles. The zero-order valence-corrected chi connectivity index (χ0v) is 14.7. The van der Waals surface area contributed by atoms with Crippen LogP contribution < -0.4 is 5.32 Å². The molecular weight excluding hydrogens is 331 g/mol. The second kappa shape index (κ2) is 8.61. The minimum absolute atomic E-state index is 0.0534. The fourth-order valence-corrected chi connectivity index (χ4v) is 3.19. The van der Waals surface area contributed by atoms with Crippen molar-refractivity contribution in [3.05, 3.63) is 71.0 Å². The number of halogens is 1. The smallest absolute Gasteiger partial charge is 0.253 e. The van der Waals surface area contributed by atoms with Crippen LogP contribution in [0.5, 0.6) is 0 Å². The average molecular weight is 354 g/mol. The molecule has 1 saturated heterocycles. The monoisotopic (exact) mass is 354 g/mol. The Balaban J connectivity index is 1.56. The van der Waals surface area contributed by atoms with E-state index in [0.29, 0.717) is 17.7 Å². The molecule has 0 saturated carbocycles. The van der Waals surface area contributed by atoms with Crippen LogP contribution in [0, 0.1) is 5.82 Å². The van der Waals surface area contributed by atoms with Gasteiger partial charge in [0.2, 0.25) is 5.91 Å². The maximum atomic E-state index is 13.2. The topological polar surface area (TPSA) is 49.4 Å². The Morgan fingerprint density at radius 2 is 1.69 bits per heavy atom. The number of nitrogens with zero attached hydrogens (tertiary/aromatic N) is 1. The van der Waals surface area contributed by atoms with Crippen LogP contribution in [0.2, 0.25) is 0 Å². The maximum Gasteiger partial charge on any atom is 0.253 e. The summed E-state index contributed by atoms with van der Waals surface area (Å²) in [5.74, 6) is -0.472. The fourth-order valence-electron chi connectivity index (χ4n) is 3.19. The highest BCUT2D eigenvalue weighted by Gasteiger charge is 2.18. The zero-order chi connectivity index (χ0) is 18.4. The lowest BCUT2D eigenvalue weighted by Crippen LogP contribution is -2.35. The number of nitrogens with one attached hydrogen (secondary N) is 1. The number of likely N-dealkylation sites (tertiary alicyclic amines) is 1. The molecule has 5 heteroatoms. The summed E-state index contributed by atoms with van der Waals surface area (Å²) in [4.78, 5) is 26.5. The Kier molecular flexibility index (Phi) is 6.00. The molecule has 2 aromatic carbocycles. The van der Waals surface area contributed by atoms with Crippen molar-refractivity contribution in [3.8, 4) is 0 Å². The second-order valence-electron chi connectivity index (χ2n) is 6.64. The molecule has 1 fully saturated rings. The van der Waals surface area contributed by atoms with Crippen LogP contribution >= 0.6 is 0 Å². The summed E-state index contributed by atoms with van der Waals surface area (Å²) in [6, 6.07) is 13.4. The first-order valence-corrected chi connectivity index (χ1v) is 9.01. The van der Waals surface area contributed by atoms with E-state index in [1.54, 1.807) is 12.1 Å². The molecule has 0 bridgehead atoms. The van der Waals surface area contributed by atoms with Crippen molar-refractivity contribution in [3.63, 3.8) is 0 Å². The molecule has 0 atom stereocenters. The molecule has 2 aromatic rings. The molecule has 4 nitrogen and oxygen atoms in total. The number of hydrogen-bond acceptors (Lipinski definition) is 2. The SMILES string of the molecule is O=C(Cc1cccc(F)c1)NCc1cccc(C(=O)N2CCCCC2)c1. The van der Waals surface area contributed by atoms with Gasteiger partial charge < -0.3 is 10.2 Å². The molecule has 136 valence electrons. The largest absolute Gasteiger partial charge is 0.352 e. The highest BCUT2D eigenvalue weighted by atomic mass is 19.1. The summed E-state index contributed by atoms with van der Waals surface area (Å²) in [7, 11) is 0. The number of amides is 2. The van der Waals surface area contributed by atoms with Crippen LogP contribution in [-0.2, 0) is 17.8 Å². The number of carbonyl (C=O) groups is 2. The van der Waals surface area contributed by atoms with E-state index in [9.17, 15) is 14.0 Å². The zero-order valence-electron chi connectivity index (χ0n) is 14.7. The van der Waals surface area contributed by atoms with Crippen molar-refractivity contribution in [2.45, 2.75) is 32.2 Å². The van der Waals surface area contributed by atoms with E-state index in [1.165, 1.54) is 18.6 Å². The van der Waals surface area contributed by atoms with E-state index < -0.39 is 0 Å². The first kappa shape index (κ1) is 18.1. The van der Waals surface area contributed by atoms with Gasteiger partial charge in [0.05, 0.1) is 6.42 Å². The van der Waals surface area contributed by atoms with Crippen LogP contribution in [0.1, 0.15) is 40.7 Å². The van der Waals surface area contributed by atoms with Crippen LogP contribution in [0.25, 0.3) is 0 Å². The van der Waals surface area contributed by atoms with Crippen molar-refractivity contribution in [2.24, 2.45) is 0 Å². The highest BCUT2D eigenvalue weighted by Crippen LogP contribution is 2.14. The van der Waals surface area contributed by atoms with Gasteiger partial charge in [-0.3, -0.25) is 9.59 Å². The third-order valence-electron chi connectivity index (χ3n) is 4.56. The van der Waals surface area contributed by atoms with Gasteiger partial charge in [-0.05, 0) is 54.7 Å². The van der Waals surface area contributed by atoms with Gasteiger partial charge >= 0.3 is 0 Å². The molecule has 26 heavy (non-hydrogen) atoms. The maximum absolute atomic E-state index is 13.2. The van der Waals surface area contributed by atoms with Crippen LogP contribution in [-0.4, -0.2) is 29.8 Å². The molecule has 1 aliphatic heterocycles. The summed E-state index contributed by atoms with van der Waals surface area (Å²) in [6.07, 6.45) is 3.43. The lowest BCUT2D eigenvalue weighted by molar-refractivity contribution is -0.120. The van der Waals surface area contributed by atoms with Crippen molar-refractivity contribution in [1.29, 1.82) is 0 Å². The van der Waals surface area contributed by atoms with Crippen LogP contribution in [0.3, 0.4) is 0 Å². The predicted molar refractivity (Wildman–Crippen MR) is 98.1 cm³/mol. The minimum atomic E-state index is -0.348. The molecule has 0 unspecified atom stereocenters. The third kappa shape index (κ3) is 4.91. The predicted octanol–water partition coefficient (Wildman–Crippen LogP) is 3.31. The molecule has 2 amide bonds. The summed E-state index contributed by atoms with van der Waals surface area (Å²) in [5, 5.41) is 2.83. The Bertz CT molecular complexity index is 785. The number of piperidine rings is 1. The van der Waals surface area contributed by atoms with Gasteiger partial charge in [-0.15, -0.1) is 0 Å². The van der Waals surface area contributed by atoms with Crippen molar-refractivity contribution >= 4 is 11.8 Å². The van der Waals surface area contributed by atoms with Gasteiger partial charge in [0.15, 0.2) is 0 Å². The lowest BCUT2D eigenvalue weighted by atomic mass is 10.1.